The fourth-order valence-corrected chi connectivity index (χ4v) is 1.73. The first-order chi connectivity index (χ1) is 6.84. The Kier molecular flexibility index (Phi) is 1.49. The van der Waals surface area contributed by atoms with Crippen LogP contribution in [0.15, 0.2) is 36.8 Å². The molecule has 2 heterocycles. The Hall–Kier alpha value is -1.61. The summed E-state index contributed by atoms with van der Waals surface area (Å²) in [5.41, 5.74) is 1.96. The summed E-state index contributed by atoms with van der Waals surface area (Å²) in [5, 5.41) is 5.85. The van der Waals surface area contributed by atoms with E-state index in [2.05, 4.69) is 10.1 Å². The van der Waals surface area contributed by atoms with Gasteiger partial charge in [-0.1, -0.05) is 11.6 Å². The van der Waals surface area contributed by atoms with Crippen molar-refractivity contribution in [2.75, 3.05) is 0 Å². The van der Waals surface area contributed by atoms with Crippen molar-refractivity contribution < 1.29 is 0 Å². The van der Waals surface area contributed by atoms with E-state index in [1.54, 1.807) is 17.0 Å². The Morgan fingerprint density at radius 2 is 2.14 bits per heavy atom. The maximum absolute atomic E-state index is 5.93. The van der Waals surface area contributed by atoms with Gasteiger partial charge in [0.1, 0.15) is 6.33 Å². The highest BCUT2D eigenvalue weighted by Gasteiger charge is 2.02. The zero-order valence-electron chi connectivity index (χ0n) is 7.18. The zero-order valence-corrected chi connectivity index (χ0v) is 7.94. The molecule has 0 aliphatic rings. The standard InChI is InChI=1S/C10H6ClN3/c11-7-1-2-9-8(5-7)10-3-4-13-14(10)6-12-9/h1-6H. The van der Waals surface area contributed by atoms with Crippen LogP contribution in [0.4, 0.5) is 0 Å². The molecule has 0 aliphatic carbocycles. The molecule has 0 saturated carbocycles. The van der Waals surface area contributed by atoms with Gasteiger partial charge in [-0.05, 0) is 24.3 Å². The number of halogens is 1. The molecule has 3 rings (SSSR count). The lowest BCUT2D eigenvalue weighted by Crippen LogP contribution is -1.89. The third kappa shape index (κ3) is 0.992. The van der Waals surface area contributed by atoms with E-state index in [4.69, 9.17) is 11.6 Å². The van der Waals surface area contributed by atoms with Crippen LogP contribution in [0.1, 0.15) is 0 Å². The van der Waals surface area contributed by atoms with E-state index < -0.39 is 0 Å². The van der Waals surface area contributed by atoms with Crippen LogP contribution in [0, 0.1) is 0 Å². The predicted octanol–water partition coefficient (Wildman–Crippen LogP) is 2.54. The molecule has 0 N–H and O–H groups in total. The van der Waals surface area contributed by atoms with Gasteiger partial charge >= 0.3 is 0 Å². The van der Waals surface area contributed by atoms with Gasteiger partial charge in [0.05, 0.1) is 17.2 Å². The van der Waals surface area contributed by atoms with Crippen LogP contribution in [0.25, 0.3) is 16.4 Å². The number of nitrogens with zero attached hydrogens (tertiary/aromatic N) is 3. The molecule has 0 aliphatic heterocycles. The molecule has 0 saturated heterocycles. The second-order valence-corrected chi connectivity index (χ2v) is 3.50. The molecular weight excluding hydrogens is 198 g/mol. The minimum Gasteiger partial charge on any atom is -0.236 e. The van der Waals surface area contributed by atoms with Crippen molar-refractivity contribution in [3.05, 3.63) is 41.8 Å². The van der Waals surface area contributed by atoms with Crippen molar-refractivity contribution in [3.63, 3.8) is 0 Å². The van der Waals surface area contributed by atoms with Gasteiger partial charge in [-0.3, -0.25) is 0 Å². The monoisotopic (exact) mass is 203 g/mol. The Morgan fingerprint density at radius 3 is 3.07 bits per heavy atom. The molecule has 2 aromatic heterocycles. The number of hydrogen-bond donors (Lipinski definition) is 0. The van der Waals surface area contributed by atoms with E-state index in [9.17, 15) is 0 Å². The molecular formula is C10H6ClN3. The van der Waals surface area contributed by atoms with Crippen molar-refractivity contribution in [1.82, 2.24) is 14.6 Å². The Bertz CT molecular complexity index is 615. The summed E-state index contributed by atoms with van der Waals surface area (Å²) in [7, 11) is 0. The second kappa shape index (κ2) is 2.69. The van der Waals surface area contributed by atoms with Gasteiger partial charge in [0.25, 0.3) is 0 Å². The lowest BCUT2D eigenvalue weighted by Gasteiger charge is -1.99. The first-order valence-electron chi connectivity index (χ1n) is 4.22. The van der Waals surface area contributed by atoms with Crippen molar-refractivity contribution in [1.29, 1.82) is 0 Å². The summed E-state index contributed by atoms with van der Waals surface area (Å²) >= 11 is 5.93. The molecule has 4 heteroatoms. The van der Waals surface area contributed by atoms with Gasteiger partial charge in [-0.15, -0.1) is 0 Å². The highest BCUT2D eigenvalue weighted by Crippen LogP contribution is 2.21. The molecule has 0 radical (unpaired) electrons. The quantitative estimate of drug-likeness (QED) is 0.562. The van der Waals surface area contributed by atoms with Crippen LogP contribution in [-0.2, 0) is 0 Å². The summed E-state index contributed by atoms with van der Waals surface area (Å²) in [6.45, 7) is 0. The lowest BCUT2D eigenvalue weighted by atomic mass is 10.2. The maximum Gasteiger partial charge on any atom is 0.118 e. The molecule has 14 heavy (non-hydrogen) atoms. The Balaban J connectivity index is 2.60. The number of rotatable bonds is 0. The van der Waals surface area contributed by atoms with E-state index >= 15 is 0 Å². The number of benzene rings is 1. The SMILES string of the molecule is Clc1ccc2ncn3nccc3c2c1. The van der Waals surface area contributed by atoms with Crippen molar-refractivity contribution >= 4 is 28.0 Å². The smallest absolute Gasteiger partial charge is 0.118 e. The van der Waals surface area contributed by atoms with Gasteiger partial charge in [-0.2, -0.15) is 5.10 Å². The molecule has 0 amide bonds. The van der Waals surface area contributed by atoms with Gasteiger partial charge in [0.2, 0.25) is 0 Å². The van der Waals surface area contributed by atoms with E-state index in [-0.39, 0.29) is 0 Å². The molecule has 3 aromatic rings. The first kappa shape index (κ1) is 7.76. The molecule has 0 bridgehead atoms. The number of aromatic nitrogens is 3. The first-order valence-corrected chi connectivity index (χ1v) is 4.60. The molecule has 3 nitrogen and oxygen atoms in total. The van der Waals surface area contributed by atoms with Crippen molar-refractivity contribution in [3.8, 4) is 0 Å². The normalized spacial score (nSPS) is 11.2. The highest BCUT2D eigenvalue weighted by molar-refractivity contribution is 6.31. The fraction of sp³-hybridized carbons (Fsp3) is 0. The van der Waals surface area contributed by atoms with Crippen LogP contribution in [0.5, 0.6) is 0 Å². The van der Waals surface area contributed by atoms with Gasteiger partial charge in [-0.25, -0.2) is 9.50 Å². The third-order valence-corrected chi connectivity index (χ3v) is 2.45. The summed E-state index contributed by atoms with van der Waals surface area (Å²) in [4.78, 5) is 4.26. The van der Waals surface area contributed by atoms with Gasteiger partial charge < -0.3 is 0 Å². The second-order valence-electron chi connectivity index (χ2n) is 3.07. The van der Waals surface area contributed by atoms with Crippen LogP contribution in [0.2, 0.25) is 5.02 Å². The Labute approximate surface area is 84.9 Å². The summed E-state index contributed by atoms with van der Waals surface area (Å²) < 4.78 is 1.73. The van der Waals surface area contributed by atoms with Crippen LogP contribution in [-0.4, -0.2) is 14.6 Å². The van der Waals surface area contributed by atoms with Crippen LogP contribution in [0.3, 0.4) is 0 Å². The molecule has 0 unspecified atom stereocenters. The fourth-order valence-electron chi connectivity index (χ4n) is 1.56. The minimum atomic E-state index is 0.716. The predicted molar refractivity (Wildman–Crippen MR) is 55.5 cm³/mol. The minimum absolute atomic E-state index is 0.716. The molecule has 68 valence electrons. The highest BCUT2D eigenvalue weighted by atomic mass is 35.5. The molecule has 1 aromatic carbocycles. The van der Waals surface area contributed by atoms with Crippen molar-refractivity contribution in [2.24, 2.45) is 0 Å². The summed E-state index contributed by atoms with van der Waals surface area (Å²) in [5.74, 6) is 0. The van der Waals surface area contributed by atoms with Crippen LogP contribution >= 0.6 is 11.6 Å². The molecule has 0 fully saturated rings. The topological polar surface area (TPSA) is 30.2 Å². The summed E-state index contributed by atoms with van der Waals surface area (Å²) in [6, 6.07) is 7.59. The lowest BCUT2D eigenvalue weighted by molar-refractivity contribution is 0.934. The zero-order chi connectivity index (χ0) is 9.54. The van der Waals surface area contributed by atoms with E-state index in [1.807, 2.05) is 24.3 Å². The number of hydrogen-bond acceptors (Lipinski definition) is 2. The van der Waals surface area contributed by atoms with Gasteiger partial charge in [0, 0.05) is 10.4 Å². The van der Waals surface area contributed by atoms with Gasteiger partial charge in [0.15, 0.2) is 0 Å². The largest absolute Gasteiger partial charge is 0.236 e. The van der Waals surface area contributed by atoms with Crippen LogP contribution < -0.4 is 0 Å². The van der Waals surface area contributed by atoms with E-state index in [0.29, 0.717) is 5.02 Å². The molecule has 0 spiro atoms. The third-order valence-electron chi connectivity index (χ3n) is 2.21. The van der Waals surface area contributed by atoms with E-state index in [1.165, 1.54) is 0 Å². The average molecular weight is 204 g/mol. The molecule has 0 atom stereocenters. The number of fused-ring (bicyclic) bond motifs is 3. The average Bonchev–Trinajstić information content (AvgIpc) is 2.65. The Morgan fingerprint density at radius 1 is 1.21 bits per heavy atom. The van der Waals surface area contributed by atoms with E-state index in [0.717, 1.165) is 16.4 Å². The summed E-state index contributed by atoms with van der Waals surface area (Å²) in [6.07, 6.45) is 3.45. The van der Waals surface area contributed by atoms with Crippen molar-refractivity contribution in [2.45, 2.75) is 0 Å². The maximum atomic E-state index is 5.93.